The van der Waals surface area contributed by atoms with Crippen LogP contribution in [0.2, 0.25) is 0 Å². The molecule has 1 amide bonds. The largest absolute Gasteiger partial charge is 0.447 e. The smallest absolute Gasteiger partial charge is 0.434 e. The molecule has 5 N–H and O–H groups in total. The monoisotopic (exact) mass is 572 g/mol. The minimum absolute atomic E-state index is 0.150. The molecule has 2 heterocycles. The number of amides is 1. The number of H-pyrrole nitrogens is 1. The summed E-state index contributed by atoms with van der Waals surface area (Å²) in [6, 6.07) is 5.36. The minimum atomic E-state index is -4.81. The van der Waals surface area contributed by atoms with Crippen LogP contribution < -0.4 is 15.8 Å². The topological polar surface area (TPSA) is 152 Å². The highest BCUT2D eigenvalue weighted by Gasteiger charge is 2.40. The second-order valence-electron chi connectivity index (χ2n) is 9.23. The van der Waals surface area contributed by atoms with Crippen molar-refractivity contribution in [1.82, 2.24) is 20.5 Å². The fourth-order valence-electron chi connectivity index (χ4n) is 4.29. The molecule has 1 fully saturated rings. The second-order valence-corrected chi connectivity index (χ2v) is 11.8. The number of nitrogens with zero attached hydrogens (tertiary/aromatic N) is 2. The molecule has 0 spiro atoms. The SMILES string of the molecule is CC(C)OC(=O)N[C@H]1CC[C@H](c2nc(C(F)(F)F)c(-c3ccc(Nc4ccn[nH]4)cc3S(N)(=O)=O)s2)CC1. The van der Waals surface area contributed by atoms with E-state index >= 15 is 0 Å². The summed E-state index contributed by atoms with van der Waals surface area (Å²) in [5.74, 6) is 0.185. The van der Waals surface area contributed by atoms with Crippen molar-refractivity contribution in [2.45, 2.75) is 68.7 Å². The van der Waals surface area contributed by atoms with E-state index in [2.05, 4.69) is 25.8 Å². The number of anilines is 2. The number of hydrogen-bond acceptors (Lipinski definition) is 8. The molecule has 10 nitrogen and oxygen atoms in total. The minimum Gasteiger partial charge on any atom is -0.447 e. The van der Waals surface area contributed by atoms with Gasteiger partial charge in [-0.3, -0.25) is 5.10 Å². The van der Waals surface area contributed by atoms with Crippen molar-refractivity contribution in [3.8, 4) is 10.4 Å². The maximum atomic E-state index is 14.1. The lowest BCUT2D eigenvalue weighted by Crippen LogP contribution is -2.38. The Morgan fingerprint density at radius 2 is 1.92 bits per heavy atom. The van der Waals surface area contributed by atoms with Gasteiger partial charge in [-0.05, 0) is 51.7 Å². The number of nitrogens with two attached hydrogens (primary N) is 1. The number of rotatable bonds is 7. The van der Waals surface area contributed by atoms with Crippen LogP contribution >= 0.6 is 11.3 Å². The number of thiazole rings is 1. The number of carbonyl (C=O) groups is 1. The first-order valence-corrected chi connectivity index (χ1v) is 14.2. The van der Waals surface area contributed by atoms with E-state index in [9.17, 15) is 26.4 Å². The number of hydrogen-bond donors (Lipinski definition) is 4. The number of ether oxygens (including phenoxy) is 1. The maximum Gasteiger partial charge on any atom is 0.434 e. The van der Waals surface area contributed by atoms with Crippen molar-refractivity contribution < 1.29 is 31.1 Å². The van der Waals surface area contributed by atoms with Gasteiger partial charge in [0.1, 0.15) is 5.82 Å². The Morgan fingerprint density at radius 1 is 1.21 bits per heavy atom. The number of aromatic nitrogens is 3. The molecular weight excluding hydrogens is 545 g/mol. The Balaban J connectivity index is 1.63. The zero-order chi connectivity index (χ0) is 27.7. The number of alkyl carbamates (subject to hydrolysis) is 1. The van der Waals surface area contributed by atoms with Gasteiger partial charge >= 0.3 is 12.3 Å². The molecule has 4 rings (SSSR count). The van der Waals surface area contributed by atoms with Gasteiger partial charge in [-0.2, -0.15) is 18.3 Å². The van der Waals surface area contributed by atoms with Gasteiger partial charge in [0.25, 0.3) is 0 Å². The van der Waals surface area contributed by atoms with E-state index in [4.69, 9.17) is 9.88 Å². The standard InChI is InChI=1S/C23H27F3N6O4S2/c1-12(2)36-22(33)30-14-5-3-13(4-6-14)21-31-20(23(24,25)26)19(37-21)16-8-7-15(11-17(16)38(27,34)35)29-18-9-10-28-32-18/h7-14H,3-6H2,1-2H3,(H,30,33)(H2,27,34,35)(H2,28,29,32)/t13-,14-. The number of carbonyl (C=O) groups excluding carboxylic acids is 1. The van der Waals surface area contributed by atoms with Gasteiger partial charge in [-0.1, -0.05) is 6.07 Å². The number of sulfonamides is 1. The van der Waals surface area contributed by atoms with Crippen LogP contribution in [-0.2, 0) is 20.9 Å². The average molecular weight is 573 g/mol. The van der Waals surface area contributed by atoms with Gasteiger partial charge in [0.15, 0.2) is 5.69 Å². The predicted octanol–water partition coefficient (Wildman–Crippen LogP) is 5.10. The van der Waals surface area contributed by atoms with Crippen LogP contribution in [0, 0.1) is 0 Å². The van der Waals surface area contributed by atoms with Crippen LogP contribution in [-0.4, -0.2) is 41.8 Å². The number of primary sulfonamides is 1. The van der Waals surface area contributed by atoms with E-state index in [0.29, 0.717) is 37.2 Å². The molecule has 1 aromatic carbocycles. The Hall–Kier alpha value is -3.17. The molecule has 1 saturated carbocycles. The third-order valence-corrected chi connectivity index (χ3v) is 8.17. The predicted molar refractivity (Wildman–Crippen MR) is 136 cm³/mol. The van der Waals surface area contributed by atoms with Crippen molar-refractivity contribution >= 4 is 39.0 Å². The third kappa shape index (κ3) is 6.63. The van der Waals surface area contributed by atoms with Gasteiger partial charge in [-0.15, -0.1) is 11.3 Å². The first-order chi connectivity index (χ1) is 17.8. The highest BCUT2D eigenvalue weighted by molar-refractivity contribution is 7.89. The van der Waals surface area contributed by atoms with Crippen LogP contribution in [0.4, 0.5) is 29.5 Å². The van der Waals surface area contributed by atoms with Crippen molar-refractivity contribution in [3.05, 3.63) is 41.2 Å². The zero-order valence-corrected chi connectivity index (χ0v) is 22.1. The van der Waals surface area contributed by atoms with Gasteiger partial charge in [-0.25, -0.2) is 23.3 Å². The van der Waals surface area contributed by atoms with Crippen LogP contribution in [0.3, 0.4) is 0 Å². The summed E-state index contributed by atoms with van der Waals surface area (Å²) in [6.07, 6.45) is -2.02. The fourth-order valence-corrected chi connectivity index (χ4v) is 6.42. The summed E-state index contributed by atoms with van der Waals surface area (Å²) in [5.41, 5.74) is -1.04. The summed E-state index contributed by atoms with van der Waals surface area (Å²) in [4.78, 5) is 15.0. The van der Waals surface area contributed by atoms with Crippen LogP contribution in [0.5, 0.6) is 0 Å². The lowest BCUT2D eigenvalue weighted by Gasteiger charge is -2.28. The molecule has 0 aliphatic heterocycles. The Morgan fingerprint density at radius 3 is 2.50 bits per heavy atom. The van der Waals surface area contributed by atoms with E-state index in [1.165, 1.54) is 24.4 Å². The summed E-state index contributed by atoms with van der Waals surface area (Å²) >= 11 is 0.811. The summed E-state index contributed by atoms with van der Waals surface area (Å²) in [6.45, 7) is 3.47. The van der Waals surface area contributed by atoms with E-state index < -0.39 is 32.9 Å². The van der Waals surface area contributed by atoms with E-state index in [0.717, 1.165) is 11.3 Å². The molecule has 3 aromatic rings. The molecule has 206 valence electrons. The maximum absolute atomic E-state index is 14.1. The van der Waals surface area contributed by atoms with Crippen molar-refractivity contribution in [2.24, 2.45) is 5.14 Å². The Labute approximate surface area is 221 Å². The van der Waals surface area contributed by atoms with Crippen molar-refractivity contribution in [2.75, 3.05) is 5.32 Å². The van der Waals surface area contributed by atoms with Crippen LogP contribution in [0.25, 0.3) is 10.4 Å². The highest BCUT2D eigenvalue weighted by atomic mass is 32.2. The molecule has 0 unspecified atom stereocenters. The second kappa shape index (κ2) is 10.9. The van der Waals surface area contributed by atoms with Crippen LogP contribution in [0.1, 0.15) is 56.2 Å². The number of benzene rings is 1. The van der Waals surface area contributed by atoms with Crippen molar-refractivity contribution in [1.29, 1.82) is 0 Å². The lowest BCUT2D eigenvalue weighted by atomic mass is 9.86. The Kier molecular flexibility index (Phi) is 7.99. The van der Waals surface area contributed by atoms with Gasteiger partial charge in [0.05, 0.1) is 27.1 Å². The number of halogens is 3. The molecule has 38 heavy (non-hydrogen) atoms. The molecule has 1 aliphatic carbocycles. The Bertz CT molecular complexity index is 1380. The van der Waals surface area contributed by atoms with E-state index in [1.54, 1.807) is 19.9 Å². The average Bonchev–Trinajstić information content (AvgIpc) is 3.48. The summed E-state index contributed by atoms with van der Waals surface area (Å²) < 4.78 is 72.1. The molecule has 0 atom stereocenters. The first-order valence-electron chi connectivity index (χ1n) is 11.8. The third-order valence-electron chi connectivity index (χ3n) is 5.97. The van der Waals surface area contributed by atoms with Gasteiger partial charge in [0.2, 0.25) is 10.0 Å². The van der Waals surface area contributed by atoms with Gasteiger partial charge < -0.3 is 15.4 Å². The summed E-state index contributed by atoms with van der Waals surface area (Å²) in [7, 11) is -4.39. The highest BCUT2D eigenvalue weighted by Crippen LogP contribution is 2.46. The molecule has 0 saturated heterocycles. The van der Waals surface area contributed by atoms with E-state index in [-0.39, 0.29) is 33.5 Å². The van der Waals surface area contributed by atoms with Crippen LogP contribution in [0.15, 0.2) is 35.4 Å². The fraction of sp³-hybridized carbons (Fsp3) is 0.435. The van der Waals surface area contributed by atoms with Crippen molar-refractivity contribution in [3.63, 3.8) is 0 Å². The zero-order valence-electron chi connectivity index (χ0n) is 20.5. The first kappa shape index (κ1) is 27.9. The summed E-state index contributed by atoms with van der Waals surface area (Å²) in [5, 5.41) is 17.8. The molecular formula is C23H27F3N6O4S2. The number of nitrogens with one attached hydrogen (secondary N) is 3. The lowest BCUT2D eigenvalue weighted by molar-refractivity contribution is -0.140. The quantitative estimate of drug-likeness (QED) is 0.307. The molecule has 0 radical (unpaired) electrons. The molecule has 2 aromatic heterocycles. The normalized spacial score (nSPS) is 18.4. The number of alkyl halides is 3. The molecule has 1 aliphatic rings. The molecule has 0 bridgehead atoms. The molecule has 15 heteroatoms. The van der Waals surface area contributed by atoms with E-state index in [1.807, 2.05) is 0 Å². The number of aromatic amines is 1. The van der Waals surface area contributed by atoms with Gasteiger partial charge in [0, 0.05) is 29.3 Å².